The van der Waals surface area contributed by atoms with Gasteiger partial charge in [-0.2, -0.15) is 0 Å². The van der Waals surface area contributed by atoms with E-state index in [1.165, 1.54) is 0 Å². The second-order valence-corrected chi connectivity index (χ2v) is 9.68. The van der Waals surface area contributed by atoms with Crippen molar-refractivity contribution in [3.63, 3.8) is 0 Å². The maximum absolute atomic E-state index is 12.8. The van der Waals surface area contributed by atoms with Crippen LogP contribution in [0.2, 0.25) is 0 Å². The Kier molecular flexibility index (Phi) is 5.43. The van der Waals surface area contributed by atoms with Gasteiger partial charge in [-0.3, -0.25) is 4.79 Å². The fraction of sp³-hybridized carbons (Fsp3) is 0.750. The maximum Gasteiger partial charge on any atom is 0.281 e. The van der Waals surface area contributed by atoms with E-state index >= 15 is 0 Å². The topological polar surface area (TPSA) is 87.4 Å². The molecule has 1 fully saturated rings. The highest BCUT2D eigenvalue weighted by Crippen LogP contribution is 2.29. The molecule has 0 bridgehead atoms. The lowest BCUT2D eigenvalue weighted by Gasteiger charge is -2.34. The van der Waals surface area contributed by atoms with Gasteiger partial charge in [0.1, 0.15) is 11.0 Å². The number of hydrogen-bond donors (Lipinski definition) is 1. The predicted octanol–water partition coefficient (Wildman–Crippen LogP) is 2.62. The van der Waals surface area contributed by atoms with E-state index in [0.717, 1.165) is 12.8 Å². The summed E-state index contributed by atoms with van der Waals surface area (Å²) in [7, 11) is 0. The summed E-state index contributed by atoms with van der Waals surface area (Å²) < 4.78 is 22.3. The van der Waals surface area contributed by atoms with Gasteiger partial charge in [0.15, 0.2) is 10.6 Å². The Labute approximate surface area is 140 Å². The molecule has 7 heteroatoms. The number of nitrogens with zero attached hydrogens (tertiary/aromatic N) is 1. The molecule has 6 nitrogen and oxygen atoms in total. The molecule has 0 aromatic carbocycles. The summed E-state index contributed by atoms with van der Waals surface area (Å²) in [6.07, 6.45) is 1.45. The third-order valence-electron chi connectivity index (χ3n) is 4.01. The first kappa shape index (κ1) is 18.3. The number of anilines is 1. The van der Waals surface area contributed by atoms with Crippen LogP contribution >= 0.6 is 0 Å². The Balaban J connectivity index is 2.04. The maximum atomic E-state index is 12.8. The molecule has 0 spiro atoms. The van der Waals surface area contributed by atoms with Gasteiger partial charge in [0.25, 0.3) is 5.91 Å². The minimum atomic E-state index is -1.28. The van der Waals surface area contributed by atoms with Crippen LogP contribution in [0.3, 0.4) is 0 Å². The Hall–Kier alpha value is -1.05. The van der Waals surface area contributed by atoms with E-state index in [1.54, 1.807) is 19.9 Å². The van der Waals surface area contributed by atoms with Crippen molar-refractivity contribution in [2.24, 2.45) is 0 Å². The highest BCUT2D eigenvalue weighted by Gasteiger charge is 2.45. The third-order valence-corrected chi connectivity index (χ3v) is 6.28. The Bertz CT molecular complexity index is 545. The number of nitrogens with one attached hydrogen (secondary N) is 1. The quantitative estimate of drug-likeness (QED) is 0.850. The van der Waals surface area contributed by atoms with E-state index in [0.29, 0.717) is 24.8 Å². The fourth-order valence-corrected chi connectivity index (χ4v) is 4.04. The molecular weight excluding hydrogens is 316 g/mol. The Morgan fingerprint density at radius 1 is 1.30 bits per heavy atom. The lowest BCUT2D eigenvalue weighted by molar-refractivity contribution is -0.117. The van der Waals surface area contributed by atoms with Gasteiger partial charge in [-0.05, 0) is 25.0 Å². The fourth-order valence-electron chi connectivity index (χ4n) is 2.35. The molecule has 1 aromatic rings. The molecule has 0 aliphatic carbocycles. The standard InChI is InChI=1S/C16H26N2O4S/c1-15(2,3)12-10-13(18-22-12)17-14(19)16(4,5)23(20)11-6-8-21-9-7-11/h10-11H,6-9H2,1-5H3,(H,17,18,19). The summed E-state index contributed by atoms with van der Waals surface area (Å²) in [5, 5.41) is 6.60. The van der Waals surface area contributed by atoms with Crippen LogP contribution in [-0.4, -0.2) is 38.8 Å². The van der Waals surface area contributed by atoms with Crippen molar-refractivity contribution < 1.29 is 18.6 Å². The van der Waals surface area contributed by atoms with Crippen molar-refractivity contribution >= 4 is 22.9 Å². The molecule has 1 atom stereocenters. The summed E-state index contributed by atoms with van der Waals surface area (Å²) in [6, 6.07) is 1.71. The molecule has 1 saturated heterocycles. The van der Waals surface area contributed by atoms with Gasteiger partial charge in [-0.15, -0.1) is 0 Å². The number of aromatic nitrogens is 1. The van der Waals surface area contributed by atoms with Gasteiger partial charge in [0.2, 0.25) is 0 Å². The molecular formula is C16H26N2O4S. The van der Waals surface area contributed by atoms with Crippen molar-refractivity contribution in [1.29, 1.82) is 0 Å². The minimum absolute atomic E-state index is 0.00746. The zero-order valence-electron chi connectivity index (χ0n) is 14.5. The third kappa shape index (κ3) is 4.28. The summed E-state index contributed by atoms with van der Waals surface area (Å²) in [5.74, 6) is 0.740. The molecule has 0 radical (unpaired) electrons. The smallest absolute Gasteiger partial charge is 0.281 e. The van der Waals surface area contributed by atoms with Crippen LogP contribution in [0.15, 0.2) is 10.6 Å². The predicted molar refractivity (Wildman–Crippen MR) is 89.9 cm³/mol. The average Bonchev–Trinajstić information content (AvgIpc) is 2.96. The van der Waals surface area contributed by atoms with Crippen molar-refractivity contribution in [2.75, 3.05) is 18.5 Å². The second-order valence-electron chi connectivity index (χ2n) is 7.40. The van der Waals surface area contributed by atoms with E-state index in [1.807, 2.05) is 20.8 Å². The molecule has 2 heterocycles. The number of amides is 1. The van der Waals surface area contributed by atoms with Crippen LogP contribution in [-0.2, 0) is 26.1 Å². The summed E-state index contributed by atoms with van der Waals surface area (Å²) >= 11 is -1.28. The van der Waals surface area contributed by atoms with Crippen LogP contribution < -0.4 is 5.32 Å². The van der Waals surface area contributed by atoms with Gasteiger partial charge in [-0.1, -0.05) is 25.9 Å². The number of carbonyl (C=O) groups excluding carboxylic acids is 1. The largest absolute Gasteiger partial charge is 0.615 e. The molecule has 1 unspecified atom stereocenters. The van der Waals surface area contributed by atoms with E-state index < -0.39 is 15.9 Å². The number of carbonyl (C=O) groups is 1. The summed E-state index contributed by atoms with van der Waals surface area (Å²) in [4.78, 5) is 12.6. The number of rotatable bonds is 4. The molecule has 130 valence electrons. The first-order valence-corrected chi connectivity index (χ1v) is 9.11. The van der Waals surface area contributed by atoms with Crippen LogP contribution in [0.5, 0.6) is 0 Å². The van der Waals surface area contributed by atoms with Gasteiger partial charge in [0, 0.05) is 24.3 Å². The first-order chi connectivity index (χ1) is 10.6. The highest BCUT2D eigenvalue weighted by atomic mass is 32.2. The van der Waals surface area contributed by atoms with Crippen molar-refractivity contribution in [2.45, 2.75) is 62.9 Å². The molecule has 23 heavy (non-hydrogen) atoms. The van der Waals surface area contributed by atoms with Crippen molar-refractivity contribution in [1.82, 2.24) is 5.16 Å². The summed E-state index contributed by atoms with van der Waals surface area (Å²) in [5.41, 5.74) is -0.184. The van der Waals surface area contributed by atoms with Crippen LogP contribution in [0.4, 0.5) is 5.82 Å². The van der Waals surface area contributed by atoms with E-state index in [4.69, 9.17) is 9.26 Å². The lowest BCUT2D eigenvalue weighted by atomic mass is 9.93. The zero-order chi connectivity index (χ0) is 17.3. The van der Waals surface area contributed by atoms with E-state index in [2.05, 4.69) is 10.5 Å². The minimum Gasteiger partial charge on any atom is -0.615 e. The van der Waals surface area contributed by atoms with Crippen LogP contribution in [0.25, 0.3) is 0 Å². The molecule has 2 rings (SSSR count). The molecule has 1 amide bonds. The van der Waals surface area contributed by atoms with Gasteiger partial charge in [-0.25, -0.2) is 0 Å². The van der Waals surface area contributed by atoms with Gasteiger partial charge >= 0.3 is 0 Å². The van der Waals surface area contributed by atoms with Gasteiger partial charge in [0.05, 0.1) is 13.2 Å². The average molecular weight is 342 g/mol. The normalized spacial score (nSPS) is 18.7. The van der Waals surface area contributed by atoms with Gasteiger partial charge < -0.3 is 19.1 Å². The molecule has 1 aliphatic rings. The van der Waals surface area contributed by atoms with E-state index in [-0.39, 0.29) is 16.6 Å². The zero-order valence-corrected chi connectivity index (χ0v) is 15.3. The number of ether oxygens (including phenoxy) is 1. The SMILES string of the molecule is CC(C)(C)c1cc(NC(=O)C(C)(C)[S+]([O-])C2CCOCC2)no1. The highest BCUT2D eigenvalue weighted by molar-refractivity contribution is 7.94. The van der Waals surface area contributed by atoms with Crippen LogP contribution in [0, 0.1) is 0 Å². The van der Waals surface area contributed by atoms with Crippen LogP contribution in [0.1, 0.15) is 53.2 Å². The first-order valence-electron chi connectivity index (χ1n) is 7.89. The molecule has 1 aliphatic heterocycles. The lowest BCUT2D eigenvalue weighted by Crippen LogP contribution is -2.50. The molecule has 0 saturated carbocycles. The van der Waals surface area contributed by atoms with Crippen molar-refractivity contribution in [3.8, 4) is 0 Å². The molecule has 1 N–H and O–H groups in total. The van der Waals surface area contributed by atoms with Crippen molar-refractivity contribution in [3.05, 3.63) is 11.8 Å². The Morgan fingerprint density at radius 2 is 1.91 bits per heavy atom. The monoisotopic (exact) mass is 342 g/mol. The summed E-state index contributed by atoms with van der Waals surface area (Å²) in [6.45, 7) is 10.6. The Morgan fingerprint density at radius 3 is 2.43 bits per heavy atom. The number of hydrogen-bond acceptors (Lipinski definition) is 5. The molecule has 1 aromatic heterocycles. The second kappa shape index (κ2) is 6.83. The van der Waals surface area contributed by atoms with E-state index in [9.17, 15) is 9.35 Å².